The van der Waals surface area contributed by atoms with Crippen LogP contribution in [0.5, 0.6) is 5.75 Å². The van der Waals surface area contributed by atoms with Gasteiger partial charge in [0, 0.05) is 5.39 Å². The van der Waals surface area contributed by atoms with Crippen LogP contribution in [0, 0.1) is 13.8 Å². The molecule has 0 amide bonds. The number of nitrogens with zero attached hydrogens (tertiary/aromatic N) is 3. The number of rotatable bonds is 4. The second-order valence-corrected chi connectivity index (χ2v) is 6.91. The quantitative estimate of drug-likeness (QED) is 0.577. The molecule has 0 fully saturated rings. The van der Waals surface area contributed by atoms with Crippen molar-refractivity contribution in [3.05, 3.63) is 71.2 Å². The van der Waals surface area contributed by atoms with E-state index in [0.717, 1.165) is 22.2 Å². The van der Waals surface area contributed by atoms with Crippen molar-refractivity contribution in [1.82, 2.24) is 15.1 Å². The van der Waals surface area contributed by atoms with Crippen LogP contribution >= 0.6 is 0 Å². The molecule has 0 saturated carbocycles. The van der Waals surface area contributed by atoms with Crippen LogP contribution in [0.15, 0.2) is 53.1 Å². The second-order valence-electron chi connectivity index (χ2n) is 6.91. The van der Waals surface area contributed by atoms with Crippen LogP contribution in [0.2, 0.25) is 0 Å². The first-order valence-corrected chi connectivity index (χ1v) is 8.99. The van der Waals surface area contributed by atoms with Crippen molar-refractivity contribution in [3.63, 3.8) is 0 Å². The standard InChI is InChI=1S/C22H21N3O3/c1-13-19(14(2)28-25-13)21-23-18-8-6-5-7-17(18)20(24-21)22(3,26)15-9-11-16(27-4)12-10-15/h5-12,26H,1-4H3. The first-order chi connectivity index (χ1) is 13.4. The summed E-state index contributed by atoms with van der Waals surface area (Å²) in [4.78, 5) is 9.46. The van der Waals surface area contributed by atoms with Crippen LogP contribution in [-0.2, 0) is 5.60 Å². The predicted octanol–water partition coefficient (Wildman–Crippen LogP) is 4.17. The number of aryl methyl sites for hydroxylation is 2. The second kappa shape index (κ2) is 6.73. The summed E-state index contributed by atoms with van der Waals surface area (Å²) in [7, 11) is 1.61. The van der Waals surface area contributed by atoms with Crippen LogP contribution in [0.4, 0.5) is 0 Å². The molecule has 1 N–H and O–H groups in total. The average molecular weight is 375 g/mol. The van der Waals surface area contributed by atoms with Crippen LogP contribution in [-0.4, -0.2) is 27.3 Å². The molecule has 0 radical (unpaired) electrons. The Hall–Kier alpha value is -3.25. The van der Waals surface area contributed by atoms with E-state index >= 15 is 0 Å². The van der Waals surface area contributed by atoms with E-state index in [-0.39, 0.29) is 0 Å². The lowest BCUT2D eigenvalue weighted by molar-refractivity contribution is 0.0991. The van der Waals surface area contributed by atoms with Gasteiger partial charge < -0.3 is 14.4 Å². The molecule has 0 aliphatic heterocycles. The monoisotopic (exact) mass is 375 g/mol. The van der Waals surface area contributed by atoms with Crippen molar-refractivity contribution in [2.75, 3.05) is 7.11 Å². The molecule has 0 spiro atoms. The smallest absolute Gasteiger partial charge is 0.165 e. The Kier molecular flexibility index (Phi) is 4.35. The van der Waals surface area contributed by atoms with E-state index in [4.69, 9.17) is 19.2 Å². The molecule has 0 aliphatic rings. The van der Waals surface area contributed by atoms with Gasteiger partial charge in [0.1, 0.15) is 17.1 Å². The first kappa shape index (κ1) is 18.1. The Morgan fingerprint density at radius 1 is 1.00 bits per heavy atom. The minimum absolute atomic E-state index is 0.485. The highest BCUT2D eigenvalue weighted by Gasteiger charge is 2.31. The molecule has 4 rings (SSSR count). The Morgan fingerprint density at radius 3 is 2.36 bits per heavy atom. The van der Waals surface area contributed by atoms with Gasteiger partial charge in [0.15, 0.2) is 5.82 Å². The van der Waals surface area contributed by atoms with Gasteiger partial charge in [0.25, 0.3) is 0 Å². The highest BCUT2D eigenvalue weighted by molar-refractivity contribution is 5.84. The van der Waals surface area contributed by atoms with Crippen molar-refractivity contribution >= 4 is 10.9 Å². The maximum absolute atomic E-state index is 11.5. The van der Waals surface area contributed by atoms with Gasteiger partial charge >= 0.3 is 0 Å². The van der Waals surface area contributed by atoms with Gasteiger partial charge in [0.2, 0.25) is 0 Å². The number of fused-ring (bicyclic) bond motifs is 1. The molecule has 1 atom stereocenters. The van der Waals surface area contributed by atoms with Crippen molar-refractivity contribution in [2.45, 2.75) is 26.4 Å². The van der Waals surface area contributed by atoms with E-state index in [1.807, 2.05) is 62.4 Å². The predicted molar refractivity (Wildman–Crippen MR) is 106 cm³/mol. The zero-order valence-corrected chi connectivity index (χ0v) is 16.2. The minimum atomic E-state index is -1.33. The van der Waals surface area contributed by atoms with Crippen LogP contribution < -0.4 is 4.74 Å². The number of hydrogen-bond donors (Lipinski definition) is 1. The highest BCUT2D eigenvalue weighted by atomic mass is 16.5. The van der Waals surface area contributed by atoms with Gasteiger partial charge in [-0.3, -0.25) is 0 Å². The largest absolute Gasteiger partial charge is 0.497 e. The summed E-state index contributed by atoms with van der Waals surface area (Å²) in [5.74, 6) is 1.85. The fourth-order valence-corrected chi connectivity index (χ4v) is 3.41. The summed E-state index contributed by atoms with van der Waals surface area (Å²) < 4.78 is 10.5. The Balaban J connectivity index is 1.96. The SMILES string of the molecule is COc1ccc(C(C)(O)c2nc(-c3c(C)noc3C)nc3ccccc23)cc1. The molecule has 142 valence electrons. The van der Waals surface area contributed by atoms with Gasteiger partial charge in [-0.05, 0) is 44.5 Å². The normalized spacial score (nSPS) is 13.5. The highest BCUT2D eigenvalue weighted by Crippen LogP contribution is 2.35. The van der Waals surface area contributed by atoms with Crippen LogP contribution in [0.1, 0.15) is 29.6 Å². The van der Waals surface area contributed by atoms with Gasteiger partial charge in [0.05, 0.1) is 29.6 Å². The maximum atomic E-state index is 11.5. The summed E-state index contributed by atoms with van der Waals surface area (Å²) in [6.07, 6.45) is 0. The van der Waals surface area contributed by atoms with Crippen molar-refractivity contribution < 1.29 is 14.4 Å². The van der Waals surface area contributed by atoms with E-state index in [0.29, 0.717) is 28.5 Å². The number of aliphatic hydroxyl groups is 1. The van der Waals surface area contributed by atoms with Gasteiger partial charge in [-0.1, -0.05) is 35.5 Å². The number of para-hydroxylation sites is 1. The number of methoxy groups -OCH3 is 1. The van der Waals surface area contributed by atoms with Crippen molar-refractivity contribution in [2.24, 2.45) is 0 Å². The molecule has 2 aromatic carbocycles. The van der Waals surface area contributed by atoms with Crippen LogP contribution in [0.25, 0.3) is 22.3 Å². The summed E-state index contributed by atoms with van der Waals surface area (Å²) in [6.45, 7) is 5.42. The first-order valence-electron chi connectivity index (χ1n) is 8.99. The Bertz CT molecular complexity index is 1130. The molecule has 28 heavy (non-hydrogen) atoms. The third kappa shape index (κ3) is 2.92. The Morgan fingerprint density at radius 2 is 1.71 bits per heavy atom. The molecule has 0 saturated heterocycles. The summed E-state index contributed by atoms with van der Waals surface area (Å²) >= 11 is 0. The van der Waals surface area contributed by atoms with Crippen molar-refractivity contribution in [1.29, 1.82) is 0 Å². The molecule has 1 unspecified atom stereocenters. The maximum Gasteiger partial charge on any atom is 0.165 e. The summed E-state index contributed by atoms with van der Waals surface area (Å²) in [5, 5.41) is 16.3. The van der Waals surface area contributed by atoms with Gasteiger partial charge in [-0.15, -0.1) is 0 Å². The van der Waals surface area contributed by atoms with E-state index in [9.17, 15) is 5.11 Å². The van der Waals surface area contributed by atoms with E-state index in [1.165, 1.54) is 0 Å². The molecular formula is C22H21N3O3. The molecule has 2 aromatic heterocycles. The zero-order valence-electron chi connectivity index (χ0n) is 16.2. The fourth-order valence-electron chi connectivity index (χ4n) is 3.41. The molecule has 0 bridgehead atoms. The third-order valence-electron chi connectivity index (χ3n) is 4.97. The topological polar surface area (TPSA) is 81.3 Å². The lowest BCUT2D eigenvalue weighted by Gasteiger charge is -2.25. The average Bonchev–Trinajstić information content (AvgIpc) is 3.05. The van der Waals surface area contributed by atoms with Crippen LogP contribution in [0.3, 0.4) is 0 Å². The molecule has 6 heteroatoms. The molecule has 0 aliphatic carbocycles. The summed E-state index contributed by atoms with van der Waals surface area (Å²) in [5.41, 5.74) is 2.11. The molecule has 4 aromatic rings. The number of aromatic nitrogens is 3. The molecular weight excluding hydrogens is 354 g/mol. The third-order valence-corrected chi connectivity index (χ3v) is 4.97. The molecule has 6 nitrogen and oxygen atoms in total. The minimum Gasteiger partial charge on any atom is -0.497 e. The van der Waals surface area contributed by atoms with Crippen molar-refractivity contribution in [3.8, 4) is 17.1 Å². The number of benzene rings is 2. The lowest BCUT2D eigenvalue weighted by atomic mass is 9.89. The Labute approximate surface area is 162 Å². The number of hydrogen-bond acceptors (Lipinski definition) is 6. The summed E-state index contributed by atoms with van der Waals surface area (Å²) in [6, 6.07) is 15.0. The number of ether oxygens (including phenoxy) is 1. The van der Waals surface area contributed by atoms with E-state index in [1.54, 1.807) is 14.0 Å². The fraction of sp³-hybridized carbons (Fsp3) is 0.227. The van der Waals surface area contributed by atoms with E-state index in [2.05, 4.69) is 5.16 Å². The van der Waals surface area contributed by atoms with Gasteiger partial charge in [-0.2, -0.15) is 0 Å². The lowest BCUT2D eigenvalue weighted by Crippen LogP contribution is -2.25. The zero-order chi connectivity index (χ0) is 19.9. The van der Waals surface area contributed by atoms with Gasteiger partial charge in [-0.25, -0.2) is 9.97 Å². The molecule has 2 heterocycles. The van der Waals surface area contributed by atoms with E-state index < -0.39 is 5.60 Å².